The number of nitrogens with zero attached hydrogens (tertiary/aromatic N) is 2. The largest absolute Gasteiger partial charge is 0.376 e. The van der Waals surface area contributed by atoms with Crippen molar-refractivity contribution in [1.29, 1.82) is 0 Å². The van der Waals surface area contributed by atoms with E-state index in [9.17, 15) is 0 Å². The first-order valence-electron chi connectivity index (χ1n) is 6.44. The fraction of sp³-hybridized carbons (Fsp3) is 0.286. The van der Waals surface area contributed by atoms with Crippen molar-refractivity contribution in [3.63, 3.8) is 0 Å². The van der Waals surface area contributed by atoms with Crippen LogP contribution in [0.2, 0.25) is 5.02 Å². The number of nitrogens with two attached hydrogens (primary N) is 1. The van der Waals surface area contributed by atoms with E-state index in [1.807, 2.05) is 24.3 Å². The van der Waals surface area contributed by atoms with Gasteiger partial charge in [-0.1, -0.05) is 23.7 Å². The second-order valence-electron chi connectivity index (χ2n) is 4.67. The standard InChI is InChI=1S/C14H15ClN4O/c15-10-3-1-2-9(6-10)7-13-17-12-4-5-20-8-11(12)14(18-13)19-16/h1-3,6H,4-5,7-8,16H2,(H,17,18,19). The molecule has 1 aromatic carbocycles. The molecule has 20 heavy (non-hydrogen) atoms. The Kier molecular flexibility index (Phi) is 3.82. The Balaban J connectivity index is 1.94. The van der Waals surface area contributed by atoms with Crippen LogP contribution in [0.25, 0.3) is 0 Å². The van der Waals surface area contributed by atoms with Crippen LogP contribution in [0, 0.1) is 0 Å². The molecule has 0 saturated carbocycles. The number of ether oxygens (including phenoxy) is 1. The van der Waals surface area contributed by atoms with Crippen molar-refractivity contribution in [3.05, 3.63) is 51.9 Å². The molecule has 3 N–H and O–H groups in total. The molecule has 0 saturated heterocycles. The molecule has 1 aliphatic rings. The Morgan fingerprint density at radius 2 is 2.25 bits per heavy atom. The lowest BCUT2D eigenvalue weighted by molar-refractivity contribution is 0.109. The molecule has 0 bridgehead atoms. The fourth-order valence-corrected chi connectivity index (χ4v) is 2.52. The summed E-state index contributed by atoms with van der Waals surface area (Å²) >= 11 is 6.00. The Bertz CT molecular complexity index is 615. The van der Waals surface area contributed by atoms with Crippen LogP contribution in [0.3, 0.4) is 0 Å². The molecule has 5 nitrogen and oxygen atoms in total. The second-order valence-corrected chi connectivity index (χ2v) is 5.10. The predicted molar refractivity (Wildman–Crippen MR) is 77.5 cm³/mol. The van der Waals surface area contributed by atoms with Crippen LogP contribution in [0.1, 0.15) is 22.6 Å². The Labute approximate surface area is 122 Å². The maximum absolute atomic E-state index is 6.00. The first-order valence-corrected chi connectivity index (χ1v) is 6.81. The average molecular weight is 291 g/mol. The maximum atomic E-state index is 6.00. The van der Waals surface area contributed by atoms with E-state index in [-0.39, 0.29) is 0 Å². The monoisotopic (exact) mass is 290 g/mol. The number of nitrogens with one attached hydrogen (secondary N) is 1. The number of halogens is 1. The molecule has 0 unspecified atom stereocenters. The quantitative estimate of drug-likeness (QED) is 0.669. The molecule has 104 valence electrons. The zero-order valence-corrected chi connectivity index (χ0v) is 11.7. The zero-order chi connectivity index (χ0) is 13.9. The minimum Gasteiger partial charge on any atom is -0.376 e. The van der Waals surface area contributed by atoms with Crippen LogP contribution in [0.4, 0.5) is 5.82 Å². The molecule has 0 radical (unpaired) electrons. The molecular weight excluding hydrogens is 276 g/mol. The van der Waals surface area contributed by atoms with Crippen molar-refractivity contribution in [3.8, 4) is 0 Å². The third-order valence-electron chi connectivity index (χ3n) is 3.26. The lowest BCUT2D eigenvalue weighted by Crippen LogP contribution is -2.20. The van der Waals surface area contributed by atoms with Crippen LogP contribution in [-0.4, -0.2) is 16.6 Å². The summed E-state index contributed by atoms with van der Waals surface area (Å²) in [6, 6.07) is 7.70. The zero-order valence-electron chi connectivity index (χ0n) is 10.9. The van der Waals surface area contributed by atoms with E-state index in [2.05, 4.69) is 15.4 Å². The summed E-state index contributed by atoms with van der Waals surface area (Å²) in [6.07, 6.45) is 1.42. The van der Waals surface area contributed by atoms with Crippen LogP contribution in [0.15, 0.2) is 24.3 Å². The van der Waals surface area contributed by atoms with Crippen LogP contribution >= 0.6 is 11.6 Å². The summed E-state index contributed by atoms with van der Waals surface area (Å²) in [7, 11) is 0. The number of anilines is 1. The number of hydrazine groups is 1. The summed E-state index contributed by atoms with van der Waals surface area (Å²) in [4.78, 5) is 9.08. The lowest BCUT2D eigenvalue weighted by atomic mass is 10.1. The Morgan fingerprint density at radius 3 is 3.05 bits per heavy atom. The van der Waals surface area contributed by atoms with Gasteiger partial charge in [-0.3, -0.25) is 0 Å². The maximum Gasteiger partial charge on any atom is 0.149 e. The smallest absolute Gasteiger partial charge is 0.149 e. The lowest BCUT2D eigenvalue weighted by Gasteiger charge is -2.19. The van der Waals surface area contributed by atoms with Gasteiger partial charge in [0.25, 0.3) is 0 Å². The minimum absolute atomic E-state index is 0.506. The van der Waals surface area contributed by atoms with Gasteiger partial charge in [0.1, 0.15) is 11.6 Å². The van der Waals surface area contributed by atoms with Crippen LogP contribution < -0.4 is 11.3 Å². The van der Waals surface area contributed by atoms with Gasteiger partial charge in [-0.2, -0.15) is 0 Å². The molecular formula is C14H15ClN4O. The summed E-state index contributed by atoms with van der Waals surface area (Å²) in [5.41, 5.74) is 5.67. The molecule has 6 heteroatoms. The van der Waals surface area contributed by atoms with Gasteiger partial charge in [-0.05, 0) is 17.7 Å². The third kappa shape index (κ3) is 2.75. The van der Waals surface area contributed by atoms with E-state index >= 15 is 0 Å². The number of aromatic nitrogens is 2. The number of fused-ring (bicyclic) bond motifs is 1. The summed E-state index contributed by atoms with van der Waals surface area (Å²) in [5.74, 6) is 6.93. The first kappa shape index (κ1) is 13.3. The molecule has 2 heterocycles. The molecule has 0 fully saturated rings. The highest BCUT2D eigenvalue weighted by molar-refractivity contribution is 6.30. The number of hydrogen-bond donors (Lipinski definition) is 2. The van der Waals surface area contributed by atoms with Gasteiger partial charge in [0.2, 0.25) is 0 Å². The van der Waals surface area contributed by atoms with Crippen molar-refractivity contribution >= 4 is 17.4 Å². The van der Waals surface area contributed by atoms with Gasteiger partial charge < -0.3 is 10.2 Å². The normalized spacial score (nSPS) is 13.9. The molecule has 1 aliphatic heterocycles. The Hall–Kier alpha value is -1.69. The van der Waals surface area contributed by atoms with Crippen molar-refractivity contribution < 1.29 is 4.74 Å². The highest BCUT2D eigenvalue weighted by Crippen LogP contribution is 2.22. The molecule has 0 spiro atoms. The third-order valence-corrected chi connectivity index (χ3v) is 3.49. The highest BCUT2D eigenvalue weighted by atomic mass is 35.5. The minimum atomic E-state index is 0.506. The van der Waals surface area contributed by atoms with Crippen LogP contribution in [-0.2, 0) is 24.2 Å². The summed E-state index contributed by atoms with van der Waals surface area (Å²) < 4.78 is 5.42. The van der Waals surface area contributed by atoms with Crippen molar-refractivity contribution in [1.82, 2.24) is 9.97 Å². The molecule has 2 aromatic rings. The number of rotatable bonds is 3. The topological polar surface area (TPSA) is 73.1 Å². The molecule has 0 atom stereocenters. The number of hydrogen-bond acceptors (Lipinski definition) is 5. The van der Waals surface area contributed by atoms with E-state index in [4.69, 9.17) is 22.2 Å². The fourth-order valence-electron chi connectivity index (χ4n) is 2.31. The van der Waals surface area contributed by atoms with Crippen LogP contribution in [0.5, 0.6) is 0 Å². The van der Waals surface area contributed by atoms with Gasteiger partial charge in [0.15, 0.2) is 0 Å². The number of benzene rings is 1. The summed E-state index contributed by atoms with van der Waals surface area (Å²) in [5, 5.41) is 0.714. The average Bonchev–Trinajstić information content (AvgIpc) is 2.46. The van der Waals surface area contributed by atoms with Gasteiger partial charge in [-0.15, -0.1) is 0 Å². The molecule has 0 aliphatic carbocycles. The van der Waals surface area contributed by atoms with E-state index in [0.29, 0.717) is 30.5 Å². The molecule has 1 aromatic heterocycles. The SMILES string of the molecule is NNc1nc(Cc2cccc(Cl)c2)nc2c1COCC2. The van der Waals surface area contributed by atoms with E-state index < -0.39 is 0 Å². The molecule has 0 amide bonds. The van der Waals surface area contributed by atoms with E-state index in [0.717, 1.165) is 29.1 Å². The highest BCUT2D eigenvalue weighted by Gasteiger charge is 2.17. The second kappa shape index (κ2) is 5.75. The van der Waals surface area contributed by atoms with Gasteiger partial charge in [-0.25, -0.2) is 15.8 Å². The van der Waals surface area contributed by atoms with E-state index in [1.165, 1.54) is 0 Å². The Morgan fingerprint density at radius 1 is 1.35 bits per heavy atom. The van der Waals surface area contributed by atoms with Gasteiger partial charge >= 0.3 is 0 Å². The van der Waals surface area contributed by atoms with Crippen molar-refractivity contribution in [2.45, 2.75) is 19.4 Å². The molecule has 3 rings (SSSR count). The number of nitrogen functional groups attached to an aromatic ring is 1. The van der Waals surface area contributed by atoms with Gasteiger partial charge in [0.05, 0.1) is 18.9 Å². The van der Waals surface area contributed by atoms with Crippen molar-refractivity contribution in [2.24, 2.45) is 5.84 Å². The van der Waals surface area contributed by atoms with Crippen molar-refractivity contribution in [2.75, 3.05) is 12.0 Å². The summed E-state index contributed by atoms with van der Waals surface area (Å²) in [6.45, 7) is 1.19. The first-order chi connectivity index (χ1) is 9.76. The van der Waals surface area contributed by atoms with Gasteiger partial charge in [0, 0.05) is 23.4 Å². The van der Waals surface area contributed by atoms with E-state index in [1.54, 1.807) is 0 Å². The predicted octanol–water partition coefficient (Wildman–Crippen LogP) is 2.08.